The number of carboxylic acids is 1. The summed E-state index contributed by atoms with van der Waals surface area (Å²) in [7, 11) is 0. The first-order valence-electron chi connectivity index (χ1n) is 12.0. The lowest BCUT2D eigenvalue weighted by atomic mass is 9.93. The summed E-state index contributed by atoms with van der Waals surface area (Å²) in [5, 5.41) is 19.8. The normalized spacial score (nSPS) is 13.2. The van der Waals surface area contributed by atoms with Crippen LogP contribution in [0.1, 0.15) is 75.1 Å². The number of nitrogens with zero attached hydrogens (tertiary/aromatic N) is 3. The molecule has 0 aliphatic rings. The molecule has 0 spiro atoms. The van der Waals surface area contributed by atoms with Gasteiger partial charge in [0.05, 0.1) is 29.5 Å². The molecule has 3 aromatic rings. The van der Waals surface area contributed by atoms with E-state index in [1.54, 1.807) is 23.7 Å². The lowest BCUT2D eigenvalue weighted by Gasteiger charge is -2.20. The third kappa shape index (κ3) is 6.91. The van der Waals surface area contributed by atoms with Gasteiger partial charge in [0.1, 0.15) is 0 Å². The summed E-state index contributed by atoms with van der Waals surface area (Å²) in [6, 6.07) is 13.4. The molecule has 35 heavy (non-hydrogen) atoms. The Bertz CT molecular complexity index is 1130. The molecule has 0 saturated carbocycles. The van der Waals surface area contributed by atoms with Gasteiger partial charge in [-0.25, -0.2) is 9.67 Å². The highest BCUT2D eigenvalue weighted by molar-refractivity contribution is 5.94. The van der Waals surface area contributed by atoms with Gasteiger partial charge >= 0.3 is 5.97 Å². The van der Waals surface area contributed by atoms with E-state index in [9.17, 15) is 9.59 Å². The van der Waals surface area contributed by atoms with Crippen molar-refractivity contribution in [2.45, 2.75) is 58.9 Å². The number of aliphatic carboxylic acids is 1. The molecule has 0 bridgehead atoms. The molecule has 1 amide bonds. The second-order valence-electron chi connectivity index (χ2n) is 9.86. The molecule has 0 fully saturated rings. The van der Waals surface area contributed by atoms with Crippen molar-refractivity contribution in [3.8, 4) is 5.82 Å². The van der Waals surface area contributed by atoms with Crippen molar-refractivity contribution in [3.63, 3.8) is 0 Å². The topological polar surface area (TPSA) is 109 Å². The summed E-state index contributed by atoms with van der Waals surface area (Å²) >= 11 is 0. The van der Waals surface area contributed by atoms with Gasteiger partial charge in [-0.05, 0) is 42.3 Å². The number of carbonyl (C=O) groups is 2. The Morgan fingerprint density at radius 3 is 2.34 bits per heavy atom. The third-order valence-electron chi connectivity index (χ3n) is 5.82. The second kappa shape index (κ2) is 11.2. The first-order valence-corrected chi connectivity index (χ1v) is 12.0. The van der Waals surface area contributed by atoms with Crippen LogP contribution < -0.4 is 10.6 Å². The zero-order valence-corrected chi connectivity index (χ0v) is 21.1. The van der Waals surface area contributed by atoms with Crippen LogP contribution in [0.2, 0.25) is 0 Å². The molecular weight excluding hydrogens is 442 g/mol. The SMILES string of the molecule is CCCC(Nc1ccc(-n2ccc(C(C)(C)C)n2)nc1)c1ccc(C(=O)NCC(C)C(=O)O)cc1. The number of carbonyl (C=O) groups excluding carboxylic acids is 1. The van der Waals surface area contributed by atoms with E-state index in [0.717, 1.165) is 35.6 Å². The predicted molar refractivity (Wildman–Crippen MR) is 137 cm³/mol. The Hall–Kier alpha value is -3.68. The number of pyridine rings is 1. The Morgan fingerprint density at radius 2 is 1.80 bits per heavy atom. The van der Waals surface area contributed by atoms with Crippen molar-refractivity contribution in [3.05, 3.63) is 71.7 Å². The molecule has 8 nitrogen and oxygen atoms in total. The molecule has 0 radical (unpaired) electrons. The van der Waals surface area contributed by atoms with E-state index < -0.39 is 11.9 Å². The first kappa shape index (κ1) is 25.9. The molecule has 0 aliphatic carbocycles. The van der Waals surface area contributed by atoms with E-state index >= 15 is 0 Å². The number of anilines is 1. The van der Waals surface area contributed by atoms with Crippen molar-refractivity contribution in [2.24, 2.45) is 5.92 Å². The quantitative estimate of drug-likeness (QED) is 0.380. The van der Waals surface area contributed by atoms with E-state index in [4.69, 9.17) is 5.11 Å². The van der Waals surface area contributed by atoms with Gasteiger partial charge in [0.25, 0.3) is 5.91 Å². The van der Waals surface area contributed by atoms with Crippen LogP contribution in [-0.4, -0.2) is 38.3 Å². The standard InChI is InChI=1S/C27H35N5O3/c1-6-7-22(19-8-10-20(11-9-19)25(33)29-16-18(2)26(34)35)30-21-12-13-24(28-17-21)32-15-14-23(31-32)27(3,4)5/h8-15,17-18,22,30H,6-7,16H2,1-5H3,(H,29,33)(H,34,35). The zero-order valence-electron chi connectivity index (χ0n) is 21.1. The van der Waals surface area contributed by atoms with Gasteiger partial charge in [0, 0.05) is 23.7 Å². The van der Waals surface area contributed by atoms with Crippen molar-refractivity contribution in [1.82, 2.24) is 20.1 Å². The molecule has 3 rings (SSSR count). The second-order valence-corrected chi connectivity index (χ2v) is 9.86. The Morgan fingerprint density at radius 1 is 1.09 bits per heavy atom. The molecule has 2 unspecified atom stereocenters. The lowest BCUT2D eigenvalue weighted by molar-refractivity contribution is -0.140. The number of aromatic nitrogens is 3. The third-order valence-corrected chi connectivity index (χ3v) is 5.82. The summed E-state index contributed by atoms with van der Waals surface area (Å²) in [6.45, 7) is 10.2. The summed E-state index contributed by atoms with van der Waals surface area (Å²) in [6.07, 6.45) is 5.64. The highest BCUT2D eigenvalue weighted by Crippen LogP contribution is 2.25. The van der Waals surface area contributed by atoms with Crippen LogP contribution in [0.3, 0.4) is 0 Å². The Labute approximate surface area is 206 Å². The molecule has 186 valence electrons. The van der Waals surface area contributed by atoms with Crippen LogP contribution in [0, 0.1) is 5.92 Å². The molecule has 3 N–H and O–H groups in total. The van der Waals surface area contributed by atoms with Crippen LogP contribution in [0.4, 0.5) is 5.69 Å². The van der Waals surface area contributed by atoms with Crippen LogP contribution >= 0.6 is 0 Å². The summed E-state index contributed by atoms with van der Waals surface area (Å²) in [4.78, 5) is 27.9. The first-order chi connectivity index (χ1) is 16.6. The minimum absolute atomic E-state index is 0.0206. The fraction of sp³-hybridized carbons (Fsp3) is 0.407. The zero-order chi connectivity index (χ0) is 25.6. The summed E-state index contributed by atoms with van der Waals surface area (Å²) in [5.74, 6) is -1.09. The maximum Gasteiger partial charge on any atom is 0.308 e. The van der Waals surface area contributed by atoms with Crippen molar-refractivity contribution < 1.29 is 14.7 Å². The number of amides is 1. The molecule has 2 heterocycles. The van der Waals surface area contributed by atoms with E-state index in [1.807, 2.05) is 42.7 Å². The van der Waals surface area contributed by atoms with Gasteiger partial charge in [-0.15, -0.1) is 0 Å². The van der Waals surface area contributed by atoms with E-state index in [1.165, 1.54) is 0 Å². The van der Waals surface area contributed by atoms with Gasteiger partial charge in [0.15, 0.2) is 5.82 Å². The van der Waals surface area contributed by atoms with Gasteiger partial charge in [-0.2, -0.15) is 5.10 Å². The highest BCUT2D eigenvalue weighted by atomic mass is 16.4. The molecular formula is C27H35N5O3. The number of benzene rings is 1. The maximum absolute atomic E-state index is 12.3. The van der Waals surface area contributed by atoms with Gasteiger partial charge in [-0.3, -0.25) is 9.59 Å². The average Bonchev–Trinajstić information content (AvgIpc) is 3.33. The Balaban J connectivity index is 1.67. The molecule has 0 aliphatic heterocycles. The molecule has 1 aromatic carbocycles. The van der Waals surface area contributed by atoms with Crippen LogP contribution in [0.15, 0.2) is 54.9 Å². The number of nitrogens with one attached hydrogen (secondary N) is 2. The molecule has 0 saturated heterocycles. The highest BCUT2D eigenvalue weighted by Gasteiger charge is 2.18. The number of hydrogen-bond acceptors (Lipinski definition) is 5. The summed E-state index contributed by atoms with van der Waals surface area (Å²) in [5.41, 5.74) is 3.46. The van der Waals surface area contributed by atoms with E-state index in [-0.39, 0.29) is 23.9 Å². The van der Waals surface area contributed by atoms with Gasteiger partial charge < -0.3 is 15.7 Å². The van der Waals surface area contributed by atoms with Gasteiger partial charge in [-0.1, -0.05) is 53.2 Å². The average molecular weight is 478 g/mol. The predicted octanol–water partition coefficient (Wildman–Crippen LogP) is 4.97. The van der Waals surface area contributed by atoms with Crippen LogP contribution in [0.25, 0.3) is 5.82 Å². The van der Waals surface area contributed by atoms with Crippen LogP contribution in [0.5, 0.6) is 0 Å². The number of hydrogen-bond donors (Lipinski definition) is 3. The van der Waals surface area contributed by atoms with Gasteiger partial charge in [0.2, 0.25) is 0 Å². The minimum Gasteiger partial charge on any atom is -0.481 e. The van der Waals surface area contributed by atoms with Crippen molar-refractivity contribution in [2.75, 3.05) is 11.9 Å². The smallest absolute Gasteiger partial charge is 0.308 e. The van der Waals surface area contributed by atoms with E-state index in [2.05, 4.69) is 48.4 Å². The van der Waals surface area contributed by atoms with Crippen molar-refractivity contribution in [1.29, 1.82) is 0 Å². The minimum atomic E-state index is -0.934. The molecule has 2 atom stereocenters. The van der Waals surface area contributed by atoms with E-state index in [0.29, 0.717) is 5.56 Å². The lowest BCUT2D eigenvalue weighted by Crippen LogP contribution is -2.31. The monoisotopic (exact) mass is 477 g/mol. The number of carboxylic acid groups (broad SMARTS) is 1. The molecule has 2 aromatic heterocycles. The largest absolute Gasteiger partial charge is 0.481 e. The Kier molecular flexibility index (Phi) is 8.27. The number of rotatable bonds is 10. The summed E-state index contributed by atoms with van der Waals surface area (Å²) < 4.78 is 1.79. The van der Waals surface area contributed by atoms with Crippen molar-refractivity contribution >= 4 is 17.6 Å². The fourth-order valence-corrected chi connectivity index (χ4v) is 3.57. The fourth-order valence-electron chi connectivity index (χ4n) is 3.57. The maximum atomic E-state index is 12.3. The van der Waals surface area contributed by atoms with Crippen LogP contribution in [-0.2, 0) is 10.2 Å². The molecule has 8 heteroatoms.